The van der Waals surface area contributed by atoms with E-state index in [0.29, 0.717) is 0 Å². The van der Waals surface area contributed by atoms with Crippen LogP contribution in [0.25, 0.3) is 0 Å². The lowest BCUT2D eigenvalue weighted by atomic mass is 10.2. The van der Waals surface area contributed by atoms with E-state index in [1.165, 1.54) is 5.56 Å². The van der Waals surface area contributed by atoms with Gasteiger partial charge in [-0.15, -0.1) is 0 Å². The van der Waals surface area contributed by atoms with Gasteiger partial charge in [0.1, 0.15) is 0 Å². The molecule has 1 aliphatic heterocycles. The molecular formula is C23H22N4. The highest BCUT2D eigenvalue weighted by Crippen LogP contribution is 2.30. The molecule has 0 aromatic heterocycles. The van der Waals surface area contributed by atoms with Crippen molar-refractivity contribution in [1.29, 1.82) is 0 Å². The molecule has 0 aliphatic carbocycles. The number of nitrogens with zero attached hydrogens (tertiary/aromatic N) is 4. The highest BCUT2D eigenvalue weighted by Gasteiger charge is 2.31. The summed E-state index contributed by atoms with van der Waals surface area (Å²) in [5, 5.41) is 13.7. The topological polar surface area (TPSA) is 31.2 Å². The quantitative estimate of drug-likeness (QED) is 0.637. The Labute approximate surface area is 160 Å². The molecule has 0 saturated carbocycles. The molecule has 1 saturated heterocycles. The fraction of sp³-hybridized carbons (Fsp3) is 0.130. The second kappa shape index (κ2) is 8.32. The largest absolute Gasteiger partial charge is 0.267 e. The Morgan fingerprint density at radius 2 is 1.00 bits per heavy atom. The molecule has 0 atom stereocenters. The Balaban J connectivity index is 1.58. The Kier molecular flexibility index (Phi) is 5.25. The molecular weight excluding hydrogens is 332 g/mol. The highest BCUT2D eigenvalue weighted by molar-refractivity contribution is 5.79. The molecule has 0 amide bonds. The van der Waals surface area contributed by atoms with E-state index >= 15 is 0 Å². The maximum absolute atomic E-state index is 4.75. The summed E-state index contributed by atoms with van der Waals surface area (Å²) in [6.07, 6.45) is 3.83. The molecule has 4 rings (SSSR count). The Hall–Kier alpha value is -3.40. The average Bonchev–Trinajstić information content (AvgIpc) is 3.16. The van der Waals surface area contributed by atoms with Crippen LogP contribution in [-0.4, -0.2) is 35.5 Å². The van der Waals surface area contributed by atoms with E-state index in [-0.39, 0.29) is 6.17 Å². The van der Waals surface area contributed by atoms with Crippen molar-refractivity contribution in [2.24, 2.45) is 10.2 Å². The minimum absolute atomic E-state index is 0.00822. The maximum Gasteiger partial charge on any atom is 0.160 e. The van der Waals surface area contributed by atoms with Gasteiger partial charge in [0.15, 0.2) is 6.17 Å². The lowest BCUT2D eigenvalue weighted by Gasteiger charge is -2.26. The predicted octanol–water partition coefficient (Wildman–Crippen LogP) is 4.37. The SMILES string of the molecule is C(=NN1CCN(N=Cc2ccccc2)C1c1ccccc1)c1ccccc1. The van der Waals surface area contributed by atoms with Gasteiger partial charge in [-0.3, -0.25) is 10.0 Å². The van der Waals surface area contributed by atoms with E-state index in [9.17, 15) is 0 Å². The van der Waals surface area contributed by atoms with Gasteiger partial charge in [-0.1, -0.05) is 91.0 Å². The number of hydrogen-bond donors (Lipinski definition) is 0. The Morgan fingerprint density at radius 3 is 1.44 bits per heavy atom. The molecule has 4 nitrogen and oxygen atoms in total. The van der Waals surface area contributed by atoms with E-state index in [2.05, 4.69) is 58.5 Å². The molecule has 0 unspecified atom stereocenters. The van der Waals surface area contributed by atoms with Gasteiger partial charge in [0.25, 0.3) is 0 Å². The van der Waals surface area contributed by atoms with Gasteiger partial charge in [-0.05, 0) is 16.7 Å². The van der Waals surface area contributed by atoms with Crippen molar-refractivity contribution in [3.63, 3.8) is 0 Å². The van der Waals surface area contributed by atoms with E-state index in [4.69, 9.17) is 10.2 Å². The first-order valence-electron chi connectivity index (χ1n) is 9.16. The molecule has 134 valence electrons. The summed E-state index contributed by atoms with van der Waals surface area (Å²) in [6, 6.07) is 30.8. The predicted molar refractivity (Wildman–Crippen MR) is 111 cm³/mol. The lowest BCUT2D eigenvalue weighted by molar-refractivity contribution is 0.147. The third kappa shape index (κ3) is 4.23. The summed E-state index contributed by atoms with van der Waals surface area (Å²) in [5.74, 6) is 0. The van der Waals surface area contributed by atoms with Crippen molar-refractivity contribution < 1.29 is 0 Å². The fourth-order valence-corrected chi connectivity index (χ4v) is 3.17. The van der Waals surface area contributed by atoms with Gasteiger partial charge >= 0.3 is 0 Å². The van der Waals surface area contributed by atoms with Crippen LogP contribution in [0.3, 0.4) is 0 Å². The first-order valence-corrected chi connectivity index (χ1v) is 9.16. The van der Waals surface area contributed by atoms with Crippen LogP contribution in [0.15, 0.2) is 101 Å². The summed E-state index contributed by atoms with van der Waals surface area (Å²) >= 11 is 0. The van der Waals surface area contributed by atoms with Gasteiger partial charge in [-0.25, -0.2) is 0 Å². The van der Waals surface area contributed by atoms with Crippen LogP contribution in [0.5, 0.6) is 0 Å². The number of benzene rings is 3. The van der Waals surface area contributed by atoms with E-state index in [0.717, 1.165) is 24.2 Å². The third-order valence-corrected chi connectivity index (χ3v) is 4.53. The van der Waals surface area contributed by atoms with Crippen molar-refractivity contribution in [2.45, 2.75) is 6.17 Å². The van der Waals surface area contributed by atoms with Crippen molar-refractivity contribution in [3.05, 3.63) is 108 Å². The highest BCUT2D eigenvalue weighted by atomic mass is 15.7. The summed E-state index contributed by atoms with van der Waals surface area (Å²) in [5.41, 5.74) is 3.37. The van der Waals surface area contributed by atoms with Gasteiger partial charge < -0.3 is 0 Å². The summed E-state index contributed by atoms with van der Waals surface area (Å²) in [6.45, 7) is 1.66. The molecule has 4 heteroatoms. The van der Waals surface area contributed by atoms with Crippen molar-refractivity contribution in [3.8, 4) is 0 Å². The monoisotopic (exact) mass is 354 g/mol. The van der Waals surface area contributed by atoms with Gasteiger partial charge in [0.2, 0.25) is 0 Å². The van der Waals surface area contributed by atoms with Gasteiger partial charge in [0.05, 0.1) is 25.5 Å². The molecule has 1 aliphatic rings. The molecule has 1 fully saturated rings. The second-order valence-corrected chi connectivity index (χ2v) is 6.42. The van der Waals surface area contributed by atoms with Crippen molar-refractivity contribution in [2.75, 3.05) is 13.1 Å². The Morgan fingerprint density at radius 1 is 0.593 bits per heavy atom. The third-order valence-electron chi connectivity index (χ3n) is 4.53. The van der Waals surface area contributed by atoms with Crippen LogP contribution in [0.4, 0.5) is 0 Å². The molecule has 0 radical (unpaired) electrons. The van der Waals surface area contributed by atoms with Crippen LogP contribution in [0.1, 0.15) is 22.9 Å². The van der Waals surface area contributed by atoms with Gasteiger partial charge in [-0.2, -0.15) is 10.2 Å². The molecule has 27 heavy (non-hydrogen) atoms. The zero-order valence-corrected chi connectivity index (χ0v) is 15.1. The standard InChI is InChI=1S/C23H22N4/c1-4-10-20(11-5-1)18-24-26-16-17-27(23(26)22-14-8-3-9-15-22)25-19-21-12-6-2-7-13-21/h1-15,18-19,23H,16-17H2. The molecule has 1 heterocycles. The second-order valence-electron chi connectivity index (χ2n) is 6.42. The maximum atomic E-state index is 4.75. The van der Waals surface area contributed by atoms with Crippen molar-refractivity contribution >= 4 is 12.4 Å². The first kappa shape index (κ1) is 17.0. The van der Waals surface area contributed by atoms with Gasteiger partial charge in [0, 0.05) is 0 Å². The fourth-order valence-electron chi connectivity index (χ4n) is 3.17. The minimum atomic E-state index is -0.00822. The summed E-state index contributed by atoms with van der Waals surface area (Å²) < 4.78 is 0. The Bertz CT molecular complexity index is 834. The molecule has 0 bridgehead atoms. The summed E-state index contributed by atoms with van der Waals surface area (Å²) in [4.78, 5) is 0. The van der Waals surface area contributed by atoms with Crippen molar-refractivity contribution in [1.82, 2.24) is 10.0 Å². The van der Waals surface area contributed by atoms with Crippen LogP contribution in [0.2, 0.25) is 0 Å². The van der Waals surface area contributed by atoms with Crippen LogP contribution < -0.4 is 0 Å². The molecule has 0 N–H and O–H groups in total. The molecule has 3 aromatic carbocycles. The van der Waals surface area contributed by atoms with E-state index in [1.54, 1.807) is 0 Å². The minimum Gasteiger partial charge on any atom is -0.267 e. The number of hydrazone groups is 2. The average molecular weight is 354 g/mol. The zero-order chi connectivity index (χ0) is 18.3. The first-order chi connectivity index (χ1) is 13.4. The van der Waals surface area contributed by atoms with Crippen LogP contribution >= 0.6 is 0 Å². The summed E-state index contributed by atoms with van der Waals surface area (Å²) in [7, 11) is 0. The smallest absolute Gasteiger partial charge is 0.160 e. The lowest BCUT2D eigenvalue weighted by Crippen LogP contribution is -2.25. The van der Waals surface area contributed by atoms with Crippen LogP contribution in [0, 0.1) is 0 Å². The van der Waals surface area contributed by atoms with E-state index < -0.39 is 0 Å². The number of hydrogen-bond acceptors (Lipinski definition) is 4. The number of rotatable bonds is 5. The molecule has 3 aromatic rings. The van der Waals surface area contributed by atoms with E-state index in [1.807, 2.05) is 54.9 Å². The molecule has 0 spiro atoms. The zero-order valence-electron chi connectivity index (χ0n) is 15.1. The normalized spacial score (nSPS) is 17.3. The van der Waals surface area contributed by atoms with Crippen LogP contribution in [-0.2, 0) is 0 Å².